The first kappa shape index (κ1) is 17.5. The number of hydrogen-bond acceptors (Lipinski definition) is 3. The molecule has 0 saturated carbocycles. The minimum Gasteiger partial charge on any atom is -0.480 e. The molecule has 120 valence electrons. The smallest absolute Gasteiger partial charge is 0.326 e. The van der Waals surface area contributed by atoms with E-state index in [-0.39, 0.29) is 11.8 Å². The van der Waals surface area contributed by atoms with E-state index in [0.717, 1.165) is 19.3 Å². The van der Waals surface area contributed by atoms with E-state index >= 15 is 0 Å². The molecule has 0 unspecified atom stereocenters. The van der Waals surface area contributed by atoms with Crippen molar-refractivity contribution in [3.05, 3.63) is 0 Å². The third-order valence-corrected chi connectivity index (χ3v) is 3.77. The van der Waals surface area contributed by atoms with E-state index in [1.54, 1.807) is 0 Å². The number of carboxylic acids is 1. The van der Waals surface area contributed by atoms with Gasteiger partial charge in [-0.05, 0) is 12.8 Å². The minimum absolute atomic E-state index is 0.155. The number of hydrogen-bond donors (Lipinski definition) is 3. The molecule has 0 radical (unpaired) electrons. The highest BCUT2D eigenvalue weighted by molar-refractivity contribution is 5.92. The lowest BCUT2D eigenvalue weighted by molar-refractivity contribution is -0.142. The Morgan fingerprint density at radius 2 is 1.95 bits per heavy atom. The molecule has 1 saturated heterocycles. The molecule has 21 heavy (non-hydrogen) atoms. The van der Waals surface area contributed by atoms with Crippen LogP contribution in [0.2, 0.25) is 0 Å². The Hall–Kier alpha value is -1.59. The van der Waals surface area contributed by atoms with Crippen LogP contribution in [-0.2, 0) is 14.4 Å². The Morgan fingerprint density at radius 1 is 1.29 bits per heavy atom. The zero-order valence-electron chi connectivity index (χ0n) is 12.7. The summed E-state index contributed by atoms with van der Waals surface area (Å²) in [5.41, 5.74) is 0. The van der Waals surface area contributed by atoms with Crippen LogP contribution in [0.1, 0.15) is 64.7 Å². The predicted molar refractivity (Wildman–Crippen MR) is 78.7 cm³/mol. The van der Waals surface area contributed by atoms with Gasteiger partial charge in [0.1, 0.15) is 12.1 Å². The Kier molecular flexibility index (Phi) is 7.79. The third kappa shape index (κ3) is 6.60. The number of nitrogens with one attached hydrogen (secondary N) is 2. The minimum atomic E-state index is -1.01. The summed E-state index contributed by atoms with van der Waals surface area (Å²) >= 11 is 0. The van der Waals surface area contributed by atoms with Gasteiger partial charge in [0.05, 0.1) is 0 Å². The van der Waals surface area contributed by atoms with Crippen LogP contribution in [0.5, 0.6) is 0 Å². The van der Waals surface area contributed by atoms with Crippen LogP contribution in [0.15, 0.2) is 0 Å². The van der Waals surface area contributed by atoms with Crippen LogP contribution in [-0.4, -0.2) is 35.0 Å². The fraction of sp³-hybridized carbons (Fsp3) is 0.800. The number of carbonyl (C=O) groups is 3. The predicted octanol–water partition coefficient (Wildman–Crippen LogP) is 1.58. The molecule has 1 heterocycles. The maximum Gasteiger partial charge on any atom is 0.326 e. The number of amides is 2. The van der Waals surface area contributed by atoms with E-state index in [9.17, 15) is 14.4 Å². The van der Waals surface area contributed by atoms with Crippen LogP contribution in [0.4, 0.5) is 0 Å². The number of aliphatic carboxylic acids is 1. The first-order chi connectivity index (χ1) is 10.0. The van der Waals surface area contributed by atoms with Crippen LogP contribution >= 0.6 is 0 Å². The summed E-state index contributed by atoms with van der Waals surface area (Å²) in [7, 11) is 0. The van der Waals surface area contributed by atoms with Gasteiger partial charge in [0.25, 0.3) is 0 Å². The second-order valence-corrected chi connectivity index (χ2v) is 5.61. The quantitative estimate of drug-likeness (QED) is 0.534. The van der Waals surface area contributed by atoms with E-state index < -0.39 is 18.1 Å². The molecule has 1 aliphatic rings. The Labute approximate surface area is 125 Å². The molecule has 2 amide bonds. The van der Waals surface area contributed by atoms with E-state index in [4.69, 9.17) is 5.11 Å². The Bertz CT molecular complexity index is 371. The van der Waals surface area contributed by atoms with Crippen molar-refractivity contribution in [2.24, 2.45) is 0 Å². The maximum absolute atomic E-state index is 11.9. The molecule has 0 bridgehead atoms. The summed E-state index contributed by atoms with van der Waals surface area (Å²) in [5.74, 6) is -1.56. The summed E-state index contributed by atoms with van der Waals surface area (Å²) in [4.78, 5) is 34.1. The van der Waals surface area contributed by atoms with Crippen LogP contribution in [0.3, 0.4) is 0 Å². The molecule has 3 N–H and O–H groups in total. The van der Waals surface area contributed by atoms with Gasteiger partial charge in [0, 0.05) is 6.42 Å². The molecule has 0 aromatic heterocycles. The molecule has 6 nitrogen and oxygen atoms in total. The fourth-order valence-corrected chi connectivity index (χ4v) is 2.47. The second kappa shape index (κ2) is 9.37. The molecule has 0 aromatic carbocycles. The summed E-state index contributed by atoms with van der Waals surface area (Å²) < 4.78 is 0. The van der Waals surface area contributed by atoms with Gasteiger partial charge in [-0.1, -0.05) is 45.4 Å². The van der Waals surface area contributed by atoms with E-state index in [2.05, 4.69) is 17.6 Å². The van der Waals surface area contributed by atoms with Gasteiger partial charge in [0.2, 0.25) is 11.8 Å². The zero-order chi connectivity index (χ0) is 15.7. The van der Waals surface area contributed by atoms with Crippen molar-refractivity contribution in [2.45, 2.75) is 76.8 Å². The maximum atomic E-state index is 11.9. The van der Waals surface area contributed by atoms with E-state index in [1.165, 1.54) is 19.3 Å². The molecule has 1 aliphatic heterocycles. The Balaban J connectivity index is 2.27. The highest BCUT2D eigenvalue weighted by Gasteiger charge is 2.30. The van der Waals surface area contributed by atoms with Crippen molar-refractivity contribution in [1.29, 1.82) is 0 Å². The topological polar surface area (TPSA) is 95.5 Å². The fourth-order valence-electron chi connectivity index (χ4n) is 2.47. The molecule has 6 heteroatoms. The zero-order valence-corrected chi connectivity index (χ0v) is 12.7. The normalized spacial score (nSPS) is 19.1. The van der Waals surface area contributed by atoms with Crippen LogP contribution in [0, 0.1) is 0 Å². The van der Waals surface area contributed by atoms with Crippen molar-refractivity contribution in [1.82, 2.24) is 10.6 Å². The molecular weight excluding hydrogens is 272 g/mol. The number of unbranched alkanes of at least 4 members (excludes halogenated alkanes) is 5. The first-order valence-corrected chi connectivity index (χ1v) is 7.87. The molecule has 1 rings (SSSR count). The van der Waals surface area contributed by atoms with Crippen molar-refractivity contribution in [3.8, 4) is 0 Å². The second-order valence-electron chi connectivity index (χ2n) is 5.61. The SMILES string of the molecule is CCCCCCCC[C@@H](NC(=O)[C@H]1CCC(=O)N1)C(=O)O. The summed E-state index contributed by atoms with van der Waals surface area (Å²) in [5, 5.41) is 14.2. The lowest BCUT2D eigenvalue weighted by atomic mass is 10.1. The number of carbonyl (C=O) groups excluding carboxylic acids is 2. The van der Waals surface area contributed by atoms with Crippen molar-refractivity contribution in [2.75, 3.05) is 0 Å². The average molecular weight is 298 g/mol. The van der Waals surface area contributed by atoms with Crippen molar-refractivity contribution < 1.29 is 19.5 Å². The highest BCUT2D eigenvalue weighted by Crippen LogP contribution is 2.11. The number of rotatable bonds is 10. The van der Waals surface area contributed by atoms with Gasteiger partial charge in [-0.2, -0.15) is 0 Å². The lowest BCUT2D eigenvalue weighted by Gasteiger charge is -2.17. The Morgan fingerprint density at radius 3 is 2.52 bits per heavy atom. The highest BCUT2D eigenvalue weighted by atomic mass is 16.4. The van der Waals surface area contributed by atoms with Crippen molar-refractivity contribution >= 4 is 17.8 Å². The molecule has 1 fully saturated rings. The van der Waals surface area contributed by atoms with Gasteiger partial charge < -0.3 is 15.7 Å². The van der Waals surface area contributed by atoms with E-state index in [0.29, 0.717) is 19.3 Å². The third-order valence-electron chi connectivity index (χ3n) is 3.77. The largest absolute Gasteiger partial charge is 0.480 e. The van der Waals surface area contributed by atoms with Gasteiger partial charge in [-0.15, -0.1) is 0 Å². The van der Waals surface area contributed by atoms with Crippen LogP contribution < -0.4 is 10.6 Å². The van der Waals surface area contributed by atoms with Gasteiger partial charge >= 0.3 is 5.97 Å². The van der Waals surface area contributed by atoms with Crippen molar-refractivity contribution in [3.63, 3.8) is 0 Å². The first-order valence-electron chi connectivity index (χ1n) is 7.87. The molecule has 2 atom stereocenters. The lowest BCUT2D eigenvalue weighted by Crippen LogP contribution is -2.48. The standard InChI is InChI=1S/C15H26N2O4/c1-2-3-4-5-6-7-8-12(15(20)21)17-14(19)11-9-10-13(18)16-11/h11-12H,2-10H2,1H3,(H,16,18)(H,17,19)(H,20,21)/t11-,12-/m1/s1. The molecule has 0 aromatic rings. The molecule has 0 spiro atoms. The van der Waals surface area contributed by atoms with Gasteiger partial charge in [-0.25, -0.2) is 4.79 Å². The number of carboxylic acid groups (broad SMARTS) is 1. The summed E-state index contributed by atoms with van der Waals surface area (Å²) in [6, 6.07) is -1.44. The van der Waals surface area contributed by atoms with E-state index in [1.807, 2.05) is 0 Å². The monoisotopic (exact) mass is 298 g/mol. The molecule has 0 aliphatic carbocycles. The molecular formula is C15H26N2O4. The van der Waals surface area contributed by atoms with Crippen LogP contribution in [0.25, 0.3) is 0 Å². The average Bonchev–Trinajstić information content (AvgIpc) is 2.87. The van der Waals surface area contributed by atoms with Gasteiger partial charge in [0.15, 0.2) is 0 Å². The van der Waals surface area contributed by atoms with Gasteiger partial charge in [-0.3, -0.25) is 9.59 Å². The summed E-state index contributed by atoms with van der Waals surface area (Å²) in [6.45, 7) is 2.15. The summed E-state index contributed by atoms with van der Waals surface area (Å²) in [6.07, 6.45) is 7.65.